The van der Waals surface area contributed by atoms with E-state index in [-0.39, 0.29) is 41.4 Å². The molecule has 0 saturated carbocycles. The summed E-state index contributed by atoms with van der Waals surface area (Å²) in [6, 6.07) is 13.1. The Morgan fingerprint density at radius 1 is 1.08 bits per heavy atom. The van der Waals surface area contributed by atoms with Crippen LogP contribution < -0.4 is 27.8 Å². The number of carbonyl (C=O) groups excluding carboxylic acids is 3. The standard InChI is InChI=1S/C25H33N7O5S2/c1-16(7-12-22(33)31-25(27)28)29-18-10-8-17(9-11-18)13-20(23(26)34)30-24(35)21-14-38-15-32(21)39(36,37)19-5-3-2-4-6-19/h2-6,8-11,16,20-21,29H,7,12-15H2,1H3,(H2,26,34)(H,30,35)(H4,27,28,31,33). The van der Waals surface area contributed by atoms with Crippen molar-refractivity contribution in [2.45, 2.75) is 49.2 Å². The van der Waals surface area contributed by atoms with Crippen LogP contribution in [0.4, 0.5) is 5.69 Å². The first-order chi connectivity index (χ1) is 18.5. The van der Waals surface area contributed by atoms with E-state index in [1.165, 1.54) is 23.9 Å². The first-order valence-electron chi connectivity index (χ1n) is 12.2. The van der Waals surface area contributed by atoms with Crippen LogP contribution in [0.3, 0.4) is 0 Å². The van der Waals surface area contributed by atoms with Crippen LogP contribution in [0.25, 0.3) is 0 Å². The summed E-state index contributed by atoms with van der Waals surface area (Å²) in [5, 5.41) is 5.91. The molecule has 3 unspecified atom stereocenters. The van der Waals surface area contributed by atoms with E-state index in [1.807, 2.05) is 19.1 Å². The summed E-state index contributed by atoms with van der Waals surface area (Å²) in [5.41, 5.74) is 17.5. The molecule has 1 fully saturated rings. The van der Waals surface area contributed by atoms with Crippen molar-refractivity contribution >= 4 is 51.2 Å². The van der Waals surface area contributed by atoms with E-state index in [0.717, 1.165) is 15.6 Å². The maximum Gasteiger partial charge on any atom is 0.248 e. The Kier molecular flexibility index (Phi) is 10.3. The van der Waals surface area contributed by atoms with Gasteiger partial charge in [-0.15, -0.1) is 11.8 Å². The molecule has 3 amide bonds. The van der Waals surface area contributed by atoms with Crippen molar-refractivity contribution in [3.05, 3.63) is 60.2 Å². The molecule has 0 aliphatic carbocycles. The average molecular weight is 576 g/mol. The minimum Gasteiger partial charge on any atom is -0.383 e. The molecule has 12 nitrogen and oxygen atoms in total. The van der Waals surface area contributed by atoms with Gasteiger partial charge in [0.2, 0.25) is 27.7 Å². The fourth-order valence-corrected chi connectivity index (χ4v) is 7.13. The lowest BCUT2D eigenvalue weighted by atomic mass is 10.0. The van der Waals surface area contributed by atoms with E-state index in [4.69, 9.17) is 17.2 Å². The molecule has 3 rings (SSSR count). The Labute approximate surface area is 231 Å². The first kappa shape index (κ1) is 29.9. The molecule has 0 bridgehead atoms. The molecule has 0 spiro atoms. The van der Waals surface area contributed by atoms with Gasteiger partial charge in [0.25, 0.3) is 0 Å². The van der Waals surface area contributed by atoms with E-state index in [1.54, 1.807) is 30.3 Å². The molecule has 1 aliphatic heterocycles. The normalized spacial score (nSPS) is 17.1. The van der Waals surface area contributed by atoms with Gasteiger partial charge in [-0.2, -0.15) is 9.30 Å². The fraction of sp³-hybridized carbons (Fsp3) is 0.360. The van der Waals surface area contributed by atoms with Crippen molar-refractivity contribution in [2.75, 3.05) is 16.9 Å². The van der Waals surface area contributed by atoms with E-state index in [0.29, 0.717) is 6.42 Å². The van der Waals surface area contributed by atoms with E-state index in [2.05, 4.69) is 15.6 Å². The second-order valence-electron chi connectivity index (χ2n) is 9.10. The maximum absolute atomic E-state index is 13.1. The molecule has 8 N–H and O–H groups in total. The molecule has 1 heterocycles. The molecule has 0 aromatic heterocycles. The van der Waals surface area contributed by atoms with Gasteiger partial charge in [-0.1, -0.05) is 30.3 Å². The Balaban J connectivity index is 1.59. The van der Waals surface area contributed by atoms with Crippen LogP contribution in [0.5, 0.6) is 0 Å². The molecular weight excluding hydrogens is 542 g/mol. The molecule has 1 aliphatic rings. The summed E-state index contributed by atoms with van der Waals surface area (Å²) in [5.74, 6) is -1.57. The summed E-state index contributed by atoms with van der Waals surface area (Å²) >= 11 is 1.32. The Bertz CT molecular complexity index is 1300. The number of guanidine groups is 1. The molecule has 39 heavy (non-hydrogen) atoms. The van der Waals surface area contributed by atoms with Gasteiger partial charge in [-0.05, 0) is 43.2 Å². The number of aliphatic imine (C=N–C) groups is 1. The van der Waals surface area contributed by atoms with Crippen LogP contribution in [-0.4, -0.2) is 66.2 Å². The van der Waals surface area contributed by atoms with Crippen molar-refractivity contribution in [2.24, 2.45) is 22.2 Å². The minimum absolute atomic E-state index is 0.0361. The highest BCUT2D eigenvalue weighted by atomic mass is 32.2. The van der Waals surface area contributed by atoms with E-state index < -0.39 is 39.8 Å². The number of anilines is 1. The number of nitrogens with one attached hydrogen (secondary N) is 2. The van der Waals surface area contributed by atoms with E-state index >= 15 is 0 Å². The van der Waals surface area contributed by atoms with Crippen LogP contribution in [0, 0.1) is 0 Å². The van der Waals surface area contributed by atoms with Gasteiger partial charge in [-0.3, -0.25) is 14.4 Å². The Morgan fingerprint density at radius 3 is 2.36 bits per heavy atom. The predicted octanol–water partition coefficient (Wildman–Crippen LogP) is 0.344. The Morgan fingerprint density at radius 2 is 1.74 bits per heavy atom. The lowest BCUT2D eigenvalue weighted by Crippen LogP contribution is -2.53. The van der Waals surface area contributed by atoms with Gasteiger partial charge in [0.05, 0.1) is 10.8 Å². The molecule has 210 valence electrons. The summed E-state index contributed by atoms with van der Waals surface area (Å²) < 4.78 is 27.3. The smallest absolute Gasteiger partial charge is 0.248 e. The lowest BCUT2D eigenvalue weighted by Gasteiger charge is -2.24. The van der Waals surface area contributed by atoms with Gasteiger partial charge in [0, 0.05) is 30.3 Å². The van der Waals surface area contributed by atoms with Gasteiger partial charge in [-0.25, -0.2) is 8.42 Å². The van der Waals surface area contributed by atoms with E-state index in [9.17, 15) is 22.8 Å². The lowest BCUT2D eigenvalue weighted by molar-refractivity contribution is -0.129. The van der Waals surface area contributed by atoms with Crippen molar-refractivity contribution in [1.29, 1.82) is 0 Å². The highest BCUT2D eigenvalue weighted by Crippen LogP contribution is 2.28. The molecule has 3 atom stereocenters. The third kappa shape index (κ3) is 8.43. The number of primary amides is 1. The van der Waals surface area contributed by atoms with Crippen molar-refractivity contribution in [3.63, 3.8) is 0 Å². The fourth-order valence-electron chi connectivity index (χ4n) is 3.96. The number of nitrogens with zero attached hydrogens (tertiary/aromatic N) is 2. The van der Waals surface area contributed by atoms with Gasteiger partial charge in [0.15, 0.2) is 5.96 Å². The number of sulfonamides is 1. The van der Waals surface area contributed by atoms with Crippen molar-refractivity contribution < 1.29 is 22.8 Å². The number of carbonyl (C=O) groups is 3. The number of amides is 3. The monoisotopic (exact) mass is 575 g/mol. The summed E-state index contributed by atoms with van der Waals surface area (Å²) in [7, 11) is -3.88. The van der Waals surface area contributed by atoms with Crippen molar-refractivity contribution in [3.8, 4) is 0 Å². The SMILES string of the molecule is CC(CCC(=O)N=C(N)N)Nc1ccc(CC(NC(=O)C2CSCN2S(=O)(=O)c2ccccc2)C(N)=O)cc1. The molecular formula is C25H33N7O5S2. The second kappa shape index (κ2) is 13.4. The quantitative estimate of drug-likeness (QED) is 0.175. The van der Waals surface area contributed by atoms with Crippen LogP contribution in [0.2, 0.25) is 0 Å². The zero-order valence-electron chi connectivity index (χ0n) is 21.4. The van der Waals surface area contributed by atoms with Crippen LogP contribution in [0.1, 0.15) is 25.3 Å². The zero-order valence-corrected chi connectivity index (χ0v) is 23.1. The number of hydrogen-bond donors (Lipinski definition) is 5. The highest BCUT2D eigenvalue weighted by molar-refractivity contribution is 8.00. The summed E-state index contributed by atoms with van der Waals surface area (Å²) in [6.07, 6.45) is 0.840. The van der Waals surface area contributed by atoms with Crippen LogP contribution >= 0.6 is 11.8 Å². The van der Waals surface area contributed by atoms with Gasteiger partial charge in [0.1, 0.15) is 12.1 Å². The summed E-state index contributed by atoms with van der Waals surface area (Å²) in [4.78, 5) is 40.5. The summed E-state index contributed by atoms with van der Waals surface area (Å²) in [6.45, 7) is 1.91. The molecule has 1 saturated heterocycles. The molecule has 0 radical (unpaired) electrons. The average Bonchev–Trinajstić information content (AvgIpc) is 3.39. The molecule has 2 aromatic rings. The van der Waals surface area contributed by atoms with Crippen LogP contribution in [-0.2, 0) is 30.8 Å². The number of rotatable bonds is 12. The largest absolute Gasteiger partial charge is 0.383 e. The second-order valence-corrected chi connectivity index (χ2v) is 12.0. The van der Waals surface area contributed by atoms with Gasteiger partial charge >= 0.3 is 0 Å². The number of benzene rings is 2. The van der Waals surface area contributed by atoms with Gasteiger partial charge < -0.3 is 27.8 Å². The number of hydrogen-bond acceptors (Lipinski definition) is 7. The Hall–Kier alpha value is -3.62. The van der Waals surface area contributed by atoms with Crippen LogP contribution in [0.15, 0.2) is 64.5 Å². The third-order valence-corrected chi connectivity index (χ3v) is 9.05. The maximum atomic E-state index is 13.1. The zero-order chi connectivity index (χ0) is 28.6. The van der Waals surface area contributed by atoms with Crippen molar-refractivity contribution in [1.82, 2.24) is 9.62 Å². The first-order valence-corrected chi connectivity index (χ1v) is 14.8. The number of thioether (sulfide) groups is 1. The minimum atomic E-state index is -3.88. The third-order valence-electron chi connectivity index (χ3n) is 6.01. The topological polar surface area (TPSA) is 203 Å². The highest BCUT2D eigenvalue weighted by Gasteiger charge is 2.40. The molecule has 2 aromatic carbocycles. The number of nitrogens with two attached hydrogens (primary N) is 3. The molecule has 14 heteroatoms. The predicted molar refractivity (Wildman–Crippen MR) is 151 cm³/mol.